The Kier molecular flexibility index (Phi) is 5.44. The van der Waals surface area contributed by atoms with Crippen molar-refractivity contribution in [1.82, 2.24) is 5.32 Å². The molecular weight excluding hydrogens is 214 g/mol. The van der Waals surface area contributed by atoms with E-state index in [-0.39, 0.29) is 11.6 Å². The van der Waals surface area contributed by atoms with Crippen LogP contribution in [0.2, 0.25) is 0 Å². The van der Waals surface area contributed by atoms with Crippen molar-refractivity contribution in [2.24, 2.45) is 11.8 Å². The number of ether oxygens (including phenoxy) is 1. The summed E-state index contributed by atoms with van der Waals surface area (Å²) in [5.41, 5.74) is -0.378. The van der Waals surface area contributed by atoms with Gasteiger partial charge in [-0.05, 0) is 45.6 Å². The molecule has 0 aliphatic heterocycles. The minimum atomic E-state index is -0.378. The highest BCUT2D eigenvalue weighted by molar-refractivity contribution is 5.72. The lowest BCUT2D eigenvalue weighted by Gasteiger charge is -2.29. The first-order chi connectivity index (χ1) is 7.88. The topological polar surface area (TPSA) is 38.3 Å². The Hall–Kier alpha value is -0.570. The summed E-state index contributed by atoms with van der Waals surface area (Å²) in [6.45, 7) is 9.29. The van der Waals surface area contributed by atoms with Gasteiger partial charge in [0.1, 0.15) is 5.60 Å². The third kappa shape index (κ3) is 6.06. The lowest BCUT2D eigenvalue weighted by atomic mass is 9.80. The van der Waals surface area contributed by atoms with Gasteiger partial charge >= 0.3 is 5.97 Å². The van der Waals surface area contributed by atoms with E-state index in [0.29, 0.717) is 6.54 Å². The molecule has 0 aromatic carbocycles. The zero-order valence-electron chi connectivity index (χ0n) is 11.7. The molecule has 1 aliphatic rings. The molecule has 2 unspecified atom stereocenters. The Balaban J connectivity index is 2.16. The first-order valence-corrected chi connectivity index (χ1v) is 6.81. The average molecular weight is 241 g/mol. The van der Waals surface area contributed by atoms with Crippen molar-refractivity contribution < 1.29 is 9.53 Å². The first-order valence-electron chi connectivity index (χ1n) is 6.81. The van der Waals surface area contributed by atoms with Crippen LogP contribution in [0.15, 0.2) is 0 Å². The molecule has 0 aromatic rings. The molecule has 0 bridgehead atoms. The number of hydrogen-bond donors (Lipinski definition) is 1. The van der Waals surface area contributed by atoms with Crippen LogP contribution in [0.4, 0.5) is 0 Å². The van der Waals surface area contributed by atoms with Crippen LogP contribution >= 0.6 is 0 Å². The van der Waals surface area contributed by atoms with Crippen LogP contribution in [0.5, 0.6) is 0 Å². The Morgan fingerprint density at radius 2 is 1.94 bits per heavy atom. The van der Waals surface area contributed by atoms with Gasteiger partial charge in [0.25, 0.3) is 0 Å². The summed E-state index contributed by atoms with van der Waals surface area (Å²) in [6, 6.07) is 0. The van der Waals surface area contributed by atoms with E-state index >= 15 is 0 Å². The summed E-state index contributed by atoms with van der Waals surface area (Å²) in [4.78, 5) is 11.5. The lowest BCUT2D eigenvalue weighted by Crippen LogP contribution is -2.35. The Morgan fingerprint density at radius 1 is 1.29 bits per heavy atom. The molecule has 0 radical (unpaired) electrons. The third-order valence-corrected chi connectivity index (χ3v) is 3.39. The second-order valence-corrected chi connectivity index (χ2v) is 6.24. The predicted molar refractivity (Wildman–Crippen MR) is 69.8 cm³/mol. The summed E-state index contributed by atoms with van der Waals surface area (Å²) in [7, 11) is 0. The van der Waals surface area contributed by atoms with Crippen LogP contribution in [0.25, 0.3) is 0 Å². The molecule has 0 spiro atoms. The summed E-state index contributed by atoms with van der Waals surface area (Å²) in [6.07, 6.45) is 5.33. The fourth-order valence-electron chi connectivity index (χ4n) is 2.43. The largest absolute Gasteiger partial charge is 0.459 e. The van der Waals surface area contributed by atoms with Gasteiger partial charge in [0.05, 0.1) is 6.54 Å². The third-order valence-electron chi connectivity index (χ3n) is 3.39. The monoisotopic (exact) mass is 241 g/mol. The summed E-state index contributed by atoms with van der Waals surface area (Å²) >= 11 is 0. The molecule has 0 saturated heterocycles. The minimum Gasteiger partial charge on any atom is -0.459 e. The second-order valence-electron chi connectivity index (χ2n) is 6.24. The van der Waals surface area contributed by atoms with Crippen molar-refractivity contribution in [1.29, 1.82) is 0 Å². The predicted octanol–water partition coefficient (Wildman–Crippen LogP) is 2.74. The molecule has 1 aliphatic carbocycles. The highest BCUT2D eigenvalue weighted by atomic mass is 16.6. The molecule has 0 aromatic heterocycles. The number of hydrogen-bond acceptors (Lipinski definition) is 3. The molecule has 1 fully saturated rings. The molecule has 3 nitrogen and oxygen atoms in total. The van der Waals surface area contributed by atoms with E-state index in [0.717, 1.165) is 18.4 Å². The fourth-order valence-corrected chi connectivity index (χ4v) is 2.43. The molecule has 0 amide bonds. The number of rotatable bonds is 4. The smallest absolute Gasteiger partial charge is 0.320 e. The van der Waals surface area contributed by atoms with Crippen LogP contribution in [0.1, 0.15) is 53.4 Å². The Labute approximate surface area is 105 Å². The Bertz CT molecular complexity index is 245. The molecule has 17 heavy (non-hydrogen) atoms. The maximum Gasteiger partial charge on any atom is 0.320 e. The van der Waals surface area contributed by atoms with Gasteiger partial charge in [-0.15, -0.1) is 0 Å². The standard InChI is InChI=1S/C14H27NO2/c1-11-7-5-6-8-12(11)9-15-10-13(16)17-14(2,3)4/h11-12,15H,5-10H2,1-4H3. The SMILES string of the molecule is CC1CCCCC1CNCC(=O)OC(C)(C)C. The van der Waals surface area contributed by atoms with E-state index in [1.54, 1.807) is 0 Å². The number of esters is 1. The normalized spacial score (nSPS) is 25.6. The van der Waals surface area contributed by atoms with Crippen molar-refractivity contribution in [3.8, 4) is 0 Å². The summed E-state index contributed by atoms with van der Waals surface area (Å²) in [5.74, 6) is 1.36. The van der Waals surface area contributed by atoms with E-state index in [4.69, 9.17) is 4.74 Å². The quantitative estimate of drug-likeness (QED) is 0.769. The lowest BCUT2D eigenvalue weighted by molar-refractivity contribution is -0.153. The van der Waals surface area contributed by atoms with E-state index < -0.39 is 0 Å². The molecule has 1 rings (SSSR count). The molecule has 2 atom stereocenters. The van der Waals surface area contributed by atoms with Gasteiger partial charge in [-0.25, -0.2) is 0 Å². The summed E-state index contributed by atoms with van der Waals surface area (Å²) in [5, 5.41) is 3.23. The number of carbonyl (C=O) groups is 1. The molecule has 3 heteroatoms. The van der Waals surface area contributed by atoms with Crippen molar-refractivity contribution in [3.63, 3.8) is 0 Å². The minimum absolute atomic E-state index is 0.152. The highest BCUT2D eigenvalue weighted by Crippen LogP contribution is 2.28. The van der Waals surface area contributed by atoms with Gasteiger partial charge in [-0.2, -0.15) is 0 Å². The summed E-state index contributed by atoms with van der Waals surface area (Å²) < 4.78 is 5.25. The molecule has 100 valence electrons. The van der Waals surface area contributed by atoms with Gasteiger partial charge in [-0.3, -0.25) is 4.79 Å². The maximum atomic E-state index is 11.5. The van der Waals surface area contributed by atoms with Crippen LogP contribution < -0.4 is 5.32 Å². The van der Waals surface area contributed by atoms with E-state index in [2.05, 4.69) is 12.2 Å². The zero-order valence-corrected chi connectivity index (χ0v) is 11.7. The van der Waals surface area contributed by atoms with Gasteiger partial charge < -0.3 is 10.1 Å². The maximum absolute atomic E-state index is 11.5. The van der Waals surface area contributed by atoms with Crippen LogP contribution in [0.3, 0.4) is 0 Å². The Morgan fingerprint density at radius 3 is 2.53 bits per heavy atom. The van der Waals surface area contributed by atoms with Gasteiger partial charge in [-0.1, -0.05) is 26.2 Å². The first kappa shape index (κ1) is 14.5. The van der Waals surface area contributed by atoms with Gasteiger partial charge in [0.15, 0.2) is 0 Å². The average Bonchev–Trinajstić information content (AvgIpc) is 2.18. The van der Waals surface area contributed by atoms with Gasteiger partial charge in [0.2, 0.25) is 0 Å². The van der Waals surface area contributed by atoms with Crippen molar-refractivity contribution in [3.05, 3.63) is 0 Å². The molecule has 1 saturated carbocycles. The molecule has 1 N–H and O–H groups in total. The van der Waals surface area contributed by atoms with E-state index in [1.807, 2.05) is 20.8 Å². The molecular formula is C14H27NO2. The fraction of sp³-hybridized carbons (Fsp3) is 0.929. The van der Waals surface area contributed by atoms with Crippen LogP contribution in [0, 0.1) is 11.8 Å². The van der Waals surface area contributed by atoms with Crippen molar-refractivity contribution >= 4 is 5.97 Å². The van der Waals surface area contributed by atoms with Crippen LogP contribution in [-0.2, 0) is 9.53 Å². The second kappa shape index (κ2) is 6.39. The number of carbonyl (C=O) groups excluding carboxylic acids is 1. The van der Waals surface area contributed by atoms with Gasteiger partial charge in [0, 0.05) is 0 Å². The zero-order chi connectivity index (χ0) is 12.9. The highest BCUT2D eigenvalue weighted by Gasteiger charge is 2.21. The van der Waals surface area contributed by atoms with Crippen molar-refractivity contribution in [2.45, 2.75) is 59.0 Å². The van der Waals surface area contributed by atoms with E-state index in [1.165, 1.54) is 25.7 Å². The van der Waals surface area contributed by atoms with Crippen LogP contribution in [-0.4, -0.2) is 24.7 Å². The molecule has 0 heterocycles. The van der Waals surface area contributed by atoms with Crippen molar-refractivity contribution in [2.75, 3.05) is 13.1 Å². The number of nitrogens with one attached hydrogen (secondary N) is 1. The van der Waals surface area contributed by atoms with E-state index in [9.17, 15) is 4.79 Å².